The maximum atomic E-state index is 13.1. The Morgan fingerprint density at radius 2 is 1.79 bits per heavy atom. The first-order valence-corrected chi connectivity index (χ1v) is 11.2. The van der Waals surface area contributed by atoms with Gasteiger partial charge in [0, 0.05) is 49.3 Å². The number of carbonyl (C=O) groups is 1. The second-order valence-corrected chi connectivity index (χ2v) is 8.59. The van der Waals surface area contributed by atoms with Crippen LogP contribution < -0.4 is 16.0 Å². The number of rotatable bonds is 6. The zero-order valence-electron chi connectivity index (χ0n) is 18.4. The van der Waals surface area contributed by atoms with Crippen LogP contribution in [-0.2, 0) is 15.7 Å². The maximum absolute atomic E-state index is 13.1. The lowest BCUT2D eigenvalue weighted by atomic mass is 10.1. The minimum absolute atomic E-state index is 0.00997. The topological polar surface area (TPSA) is 70.8 Å². The minimum atomic E-state index is -4.49. The molecule has 2 aliphatic rings. The van der Waals surface area contributed by atoms with Crippen LogP contribution in [0.3, 0.4) is 0 Å². The van der Waals surface area contributed by atoms with E-state index in [9.17, 15) is 18.0 Å². The Hall–Kier alpha value is -2.94. The lowest BCUT2D eigenvalue weighted by Crippen LogP contribution is -2.50. The van der Waals surface area contributed by atoms with Gasteiger partial charge in [0.25, 0.3) is 0 Å². The SMILES string of the molecule is Nc1ccc(N[C@@H]2CC[C@@H](OCC(=O)N3CCN(c4ccccc4)CC3)C2)cc1C(F)(F)F. The number of alkyl halides is 3. The van der Waals surface area contributed by atoms with Crippen molar-refractivity contribution >= 4 is 23.0 Å². The summed E-state index contributed by atoms with van der Waals surface area (Å²) in [5, 5.41) is 3.15. The molecule has 2 atom stereocenters. The molecule has 3 N–H and O–H groups in total. The fraction of sp³-hybridized carbons (Fsp3) is 0.458. The summed E-state index contributed by atoms with van der Waals surface area (Å²) in [6.07, 6.45) is -2.42. The number of hydrogen-bond acceptors (Lipinski definition) is 5. The molecule has 1 saturated heterocycles. The quantitative estimate of drug-likeness (QED) is 0.636. The van der Waals surface area contributed by atoms with E-state index in [0.29, 0.717) is 25.2 Å². The summed E-state index contributed by atoms with van der Waals surface area (Å²) < 4.78 is 45.1. The van der Waals surface area contributed by atoms with E-state index in [1.165, 1.54) is 6.07 Å². The number of nitrogens with zero attached hydrogens (tertiary/aromatic N) is 2. The molecule has 1 heterocycles. The van der Waals surface area contributed by atoms with Gasteiger partial charge in [0.1, 0.15) is 6.61 Å². The standard InChI is InChI=1S/C24H29F3N4O2/c25-24(26,27)21-15-18(7-9-22(21)28)29-17-6-8-20(14-17)33-16-23(32)31-12-10-30(11-13-31)19-4-2-1-3-5-19/h1-5,7,9,15,17,20,29H,6,8,10-14,16,28H2/t17-,20-/m1/s1. The van der Waals surface area contributed by atoms with Gasteiger partial charge in [-0.2, -0.15) is 13.2 Å². The van der Waals surface area contributed by atoms with E-state index in [2.05, 4.69) is 22.3 Å². The number of benzene rings is 2. The molecule has 0 bridgehead atoms. The van der Waals surface area contributed by atoms with Crippen molar-refractivity contribution in [2.75, 3.05) is 48.7 Å². The average molecular weight is 463 g/mol. The Kier molecular flexibility index (Phi) is 6.97. The summed E-state index contributed by atoms with van der Waals surface area (Å²) in [5.74, 6) is -0.0209. The summed E-state index contributed by atoms with van der Waals surface area (Å²) in [6, 6.07) is 14.0. The number of ether oxygens (including phenoxy) is 1. The molecule has 33 heavy (non-hydrogen) atoms. The Morgan fingerprint density at radius 3 is 2.48 bits per heavy atom. The highest BCUT2D eigenvalue weighted by atomic mass is 19.4. The van der Waals surface area contributed by atoms with Gasteiger partial charge >= 0.3 is 6.18 Å². The fourth-order valence-electron chi connectivity index (χ4n) is 4.48. The van der Waals surface area contributed by atoms with Crippen LogP contribution in [0.4, 0.5) is 30.2 Å². The molecule has 1 saturated carbocycles. The zero-order valence-corrected chi connectivity index (χ0v) is 18.4. The van der Waals surface area contributed by atoms with Crippen molar-refractivity contribution in [2.24, 2.45) is 0 Å². The van der Waals surface area contributed by atoms with E-state index in [0.717, 1.165) is 37.7 Å². The summed E-state index contributed by atoms with van der Waals surface area (Å²) in [7, 11) is 0. The first-order valence-electron chi connectivity index (χ1n) is 11.2. The number of carbonyl (C=O) groups excluding carboxylic acids is 1. The number of hydrogen-bond donors (Lipinski definition) is 2. The number of nitrogens with one attached hydrogen (secondary N) is 1. The third kappa shape index (κ3) is 5.90. The number of anilines is 3. The van der Waals surface area contributed by atoms with Crippen molar-refractivity contribution in [1.29, 1.82) is 0 Å². The van der Waals surface area contributed by atoms with Crippen LogP contribution in [0, 0.1) is 0 Å². The highest BCUT2D eigenvalue weighted by Crippen LogP contribution is 2.36. The predicted molar refractivity (Wildman–Crippen MR) is 122 cm³/mol. The van der Waals surface area contributed by atoms with Crippen molar-refractivity contribution in [2.45, 2.75) is 37.6 Å². The van der Waals surface area contributed by atoms with Crippen molar-refractivity contribution in [3.8, 4) is 0 Å². The van der Waals surface area contributed by atoms with Gasteiger partial charge in [-0.15, -0.1) is 0 Å². The van der Waals surface area contributed by atoms with Crippen LogP contribution >= 0.6 is 0 Å². The van der Waals surface area contributed by atoms with Crippen LogP contribution in [0.15, 0.2) is 48.5 Å². The summed E-state index contributed by atoms with van der Waals surface area (Å²) in [5.41, 5.74) is 5.89. The van der Waals surface area contributed by atoms with Gasteiger partial charge in [-0.1, -0.05) is 18.2 Å². The molecule has 2 fully saturated rings. The lowest BCUT2D eigenvalue weighted by Gasteiger charge is -2.36. The summed E-state index contributed by atoms with van der Waals surface area (Å²) >= 11 is 0. The largest absolute Gasteiger partial charge is 0.418 e. The summed E-state index contributed by atoms with van der Waals surface area (Å²) in [4.78, 5) is 16.7. The van der Waals surface area contributed by atoms with Gasteiger partial charge in [0.15, 0.2) is 0 Å². The lowest BCUT2D eigenvalue weighted by molar-refractivity contribution is -0.138. The van der Waals surface area contributed by atoms with Gasteiger partial charge in [-0.3, -0.25) is 4.79 Å². The Bertz CT molecular complexity index is 946. The fourth-order valence-corrected chi connectivity index (χ4v) is 4.48. The molecule has 2 aromatic rings. The second kappa shape index (κ2) is 9.91. The molecule has 0 radical (unpaired) electrons. The molecular formula is C24H29F3N4O2. The van der Waals surface area contributed by atoms with Crippen molar-refractivity contribution in [3.05, 3.63) is 54.1 Å². The number of para-hydroxylation sites is 1. The maximum Gasteiger partial charge on any atom is 0.418 e. The second-order valence-electron chi connectivity index (χ2n) is 8.59. The van der Waals surface area contributed by atoms with Gasteiger partial charge < -0.3 is 25.6 Å². The van der Waals surface area contributed by atoms with Gasteiger partial charge in [0.2, 0.25) is 5.91 Å². The Morgan fingerprint density at radius 1 is 1.06 bits per heavy atom. The van der Waals surface area contributed by atoms with Crippen LogP contribution in [-0.4, -0.2) is 55.7 Å². The van der Waals surface area contributed by atoms with Crippen LogP contribution in [0.25, 0.3) is 0 Å². The van der Waals surface area contributed by atoms with E-state index >= 15 is 0 Å². The van der Waals surface area contributed by atoms with Crippen LogP contribution in [0.5, 0.6) is 0 Å². The van der Waals surface area contributed by atoms with E-state index < -0.39 is 11.7 Å². The van der Waals surface area contributed by atoms with E-state index in [-0.39, 0.29) is 30.3 Å². The smallest absolute Gasteiger partial charge is 0.398 e. The number of halogens is 3. The van der Waals surface area contributed by atoms with Gasteiger partial charge in [0.05, 0.1) is 11.7 Å². The molecule has 0 unspecified atom stereocenters. The molecule has 1 aliphatic heterocycles. The Balaban J connectivity index is 1.21. The van der Waals surface area contributed by atoms with Crippen LogP contribution in [0.1, 0.15) is 24.8 Å². The molecular weight excluding hydrogens is 433 g/mol. The summed E-state index contributed by atoms with van der Waals surface area (Å²) in [6.45, 7) is 2.91. The molecule has 178 valence electrons. The highest BCUT2D eigenvalue weighted by molar-refractivity contribution is 5.77. The van der Waals surface area contributed by atoms with Crippen LogP contribution in [0.2, 0.25) is 0 Å². The van der Waals surface area contributed by atoms with Crippen molar-refractivity contribution in [3.63, 3.8) is 0 Å². The number of piperazine rings is 1. The average Bonchev–Trinajstić information content (AvgIpc) is 3.26. The normalized spacial score (nSPS) is 21.3. The van der Waals surface area contributed by atoms with E-state index in [1.807, 2.05) is 23.1 Å². The third-order valence-corrected chi connectivity index (χ3v) is 6.31. The first kappa shape index (κ1) is 23.2. The molecule has 1 amide bonds. The molecule has 4 rings (SSSR count). The van der Waals surface area contributed by atoms with E-state index in [1.54, 1.807) is 6.07 Å². The minimum Gasteiger partial charge on any atom is -0.398 e. The Labute approximate surface area is 191 Å². The predicted octanol–water partition coefficient (Wildman–Crippen LogP) is 3.99. The molecule has 0 spiro atoms. The van der Waals surface area contributed by atoms with E-state index in [4.69, 9.17) is 10.5 Å². The molecule has 6 nitrogen and oxygen atoms in total. The number of nitrogens with two attached hydrogens (primary N) is 1. The zero-order chi connectivity index (χ0) is 23.4. The van der Waals surface area contributed by atoms with Gasteiger partial charge in [-0.25, -0.2) is 0 Å². The monoisotopic (exact) mass is 462 g/mol. The first-order chi connectivity index (χ1) is 15.8. The molecule has 1 aliphatic carbocycles. The van der Waals surface area contributed by atoms with Crippen molar-refractivity contribution < 1.29 is 22.7 Å². The third-order valence-electron chi connectivity index (χ3n) is 6.31. The molecule has 0 aromatic heterocycles. The highest BCUT2D eigenvalue weighted by Gasteiger charge is 2.34. The van der Waals surface area contributed by atoms with Crippen molar-refractivity contribution in [1.82, 2.24) is 4.90 Å². The molecule has 2 aromatic carbocycles. The number of nitrogen functional groups attached to an aromatic ring is 1. The molecule has 9 heteroatoms. The number of amides is 1. The van der Waals surface area contributed by atoms with Gasteiger partial charge in [-0.05, 0) is 49.6 Å².